The van der Waals surface area contributed by atoms with E-state index in [1.165, 1.54) is 0 Å². The highest BCUT2D eigenvalue weighted by molar-refractivity contribution is 7.92. The van der Waals surface area contributed by atoms with Crippen molar-refractivity contribution in [2.45, 2.75) is 71.9 Å². The Morgan fingerprint density at radius 1 is 1.02 bits per heavy atom. The van der Waals surface area contributed by atoms with E-state index < -0.39 is 10.0 Å². The van der Waals surface area contributed by atoms with Gasteiger partial charge in [-0.3, -0.25) is 4.79 Å². The quantitative estimate of drug-likeness (QED) is 0.188. The molecule has 0 saturated heterocycles. The Kier molecular flexibility index (Phi) is 8.41. The maximum absolute atomic E-state index is 13.4. The molecule has 0 aliphatic carbocycles. The lowest BCUT2D eigenvalue weighted by molar-refractivity contribution is 0.0943. The summed E-state index contributed by atoms with van der Waals surface area (Å²) in [6, 6.07) is 18.6. The van der Waals surface area contributed by atoms with Crippen LogP contribution < -0.4 is 10.0 Å². The Hall–Kier alpha value is -4.44. The molecule has 0 aliphatic heterocycles. The second kappa shape index (κ2) is 12.0. The maximum atomic E-state index is 13.4. The van der Waals surface area contributed by atoms with Crippen LogP contribution in [0.3, 0.4) is 0 Å². The molecule has 224 valence electrons. The number of aryl methyl sites for hydroxylation is 3. The number of aromatic nitrogens is 3. The molecular formula is C33H37N5O4S. The van der Waals surface area contributed by atoms with E-state index in [1.54, 1.807) is 32.0 Å². The van der Waals surface area contributed by atoms with Crippen LogP contribution in [-0.4, -0.2) is 35.1 Å². The number of hydrogen-bond donors (Lipinski definition) is 2. The number of imidazole rings is 1. The molecule has 43 heavy (non-hydrogen) atoms. The van der Waals surface area contributed by atoms with Gasteiger partial charge >= 0.3 is 0 Å². The second-order valence-corrected chi connectivity index (χ2v) is 12.8. The van der Waals surface area contributed by atoms with Crippen molar-refractivity contribution in [1.82, 2.24) is 20.0 Å². The molecule has 0 fully saturated rings. The summed E-state index contributed by atoms with van der Waals surface area (Å²) in [7, 11) is -3.94. The summed E-state index contributed by atoms with van der Waals surface area (Å²) >= 11 is 0. The lowest BCUT2D eigenvalue weighted by atomic mass is 10.0. The molecule has 2 N–H and O–H groups in total. The topological polar surface area (TPSA) is 119 Å². The molecule has 0 unspecified atom stereocenters. The average Bonchev–Trinajstić information content (AvgIpc) is 3.47. The minimum Gasteiger partial charge on any atom is -0.350 e. The molecule has 0 spiro atoms. The number of nitrogens with one attached hydrogen (secondary N) is 2. The highest BCUT2D eigenvalue weighted by atomic mass is 32.2. The molecule has 2 heterocycles. The number of benzene rings is 3. The Morgan fingerprint density at radius 2 is 1.74 bits per heavy atom. The monoisotopic (exact) mass is 599 g/mol. The molecule has 2 aromatic heterocycles. The van der Waals surface area contributed by atoms with Crippen molar-refractivity contribution in [3.63, 3.8) is 0 Å². The summed E-state index contributed by atoms with van der Waals surface area (Å²) in [5.41, 5.74) is 7.02. The zero-order chi connectivity index (χ0) is 30.9. The molecule has 1 amide bonds. The molecule has 0 radical (unpaired) electrons. The van der Waals surface area contributed by atoms with E-state index in [9.17, 15) is 13.2 Å². The van der Waals surface area contributed by atoms with Gasteiger partial charge in [0.05, 0.1) is 21.6 Å². The van der Waals surface area contributed by atoms with Gasteiger partial charge in [-0.05, 0) is 75.9 Å². The lowest BCUT2D eigenvalue weighted by Crippen LogP contribution is -2.30. The maximum Gasteiger partial charge on any atom is 0.264 e. The van der Waals surface area contributed by atoms with Crippen LogP contribution in [0.4, 0.5) is 5.88 Å². The largest absolute Gasteiger partial charge is 0.350 e. The summed E-state index contributed by atoms with van der Waals surface area (Å²) in [5, 5.41) is 6.83. The second-order valence-electron chi connectivity index (χ2n) is 11.2. The Morgan fingerprint density at radius 3 is 2.40 bits per heavy atom. The number of nitrogens with zero attached hydrogens (tertiary/aromatic N) is 3. The van der Waals surface area contributed by atoms with E-state index in [0.29, 0.717) is 28.9 Å². The fourth-order valence-electron chi connectivity index (χ4n) is 5.11. The van der Waals surface area contributed by atoms with Gasteiger partial charge in [0.25, 0.3) is 15.9 Å². The molecule has 10 heteroatoms. The molecule has 0 atom stereocenters. The van der Waals surface area contributed by atoms with Crippen LogP contribution in [0.2, 0.25) is 0 Å². The molecule has 9 nitrogen and oxygen atoms in total. The fraction of sp³-hybridized carbons (Fsp3) is 0.303. The molecule has 0 aliphatic rings. The van der Waals surface area contributed by atoms with Gasteiger partial charge in [-0.15, -0.1) is 0 Å². The third-order valence-electron chi connectivity index (χ3n) is 7.45. The first kappa shape index (κ1) is 30.0. The number of amides is 1. The number of carbonyl (C=O) groups excluding carboxylic acids is 1. The summed E-state index contributed by atoms with van der Waals surface area (Å²) in [5.74, 6) is 0.968. The van der Waals surface area contributed by atoms with Gasteiger partial charge < -0.3 is 14.4 Å². The molecule has 5 rings (SSSR count). The molecule has 5 aromatic rings. The Balaban J connectivity index is 1.48. The van der Waals surface area contributed by atoms with Crippen LogP contribution in [0.25, 0.3) is 22.2 Å². The Bertz CT molecular complexity index is 1900. The van der Waals surface area contributed by atoms with Crippen molar-refractivity contribution in [3.8, 4) is 11.1 Å². The predicted octanol–water partition coefficient (Wildman–Crippen LogP) is 6.56. The van der Waals surface area contributed by atoms with Crippen molar-refractivity contribution in [1.29, 1.82) is 0 Å². The molecule has 3 aromatic carbocycles. The number of carbonyl (C=O) groups is 1. The van der Waals surface area contributed by atoms with Gasteiger partial charge in [-0.25, -0.2) is 18.1 Å². The molecular weight excluding hydrogens is 562 g/mol. The van der Waals surface area contributed by atoms with Crippen molar-refractivity contribution >= 4 is 32.8 Å². The third-order valence-corrected chi connectivity index (χ3v) is 8.83. The molecule has 0 bridgehead atoms. The summed E-state index contributed by atoms with van der Waals surface area (Å²) in [6.07, 6.45) is 1.75. The van der Waals surface area contributed by atoms with Gasteiger partial charge in [-0.2, -0.15) is 0 Å². The third kappa shape index (κ3) is 6.19. The fourth-order valence-corrected chi connectivity index (χ4v) is 6.38. The number of fused-ring (bicyclic) bond motifs is 1. The van der Waals surface area contributed by atoms with E-state index in [0.717, 1.165) is 46.4 Å². The molecule has 0 saturated carbocycles. The van der Waals surface area contributed by atoms with Crippen molar-refractivity contribution in [2.75, 3.05) is 4.72 Å². The van der Waals surface area contributed by atoms with Crippen LogP contribution in [-0.2, 0) is 23.0 Å². The number of anilines is 1. The Labute approximate surface area is 252 Å². The standard InChI is InChI=1S/C33H37N5O4S/c1-7-10-30-35-31-21(4)17-26(32(39)34-20(2)3)18-28(31)38(30)19-24-13-15-25(16-14-24)27-11-8-9-12-29(27)43(40,41)37-33-22(5)23(6)36-42-33/h8-9,11-18,20,37H,7,10,19H2,1-6H3,(H,34,39). The van der Waals surface area contributed by atoms with E-state index >= 15 is 0 Å². The minimum absolute atomic E-state index is 0.0361. The van der Waals surface area contributed by atoms with Crippen LogP contribution >= 0.6 is 0 Å². The first-order chi connectivity index (χ1) is 20.5. The van der Waals surface area contributed by atoms with Crippen molar-refractivity contribution in [3.05, 3.63) is 94.4 Å². The predicted molar refractivity (Wildman–Crippen MR) is 169 cm³/mol. The van der Waals surface area contributed by atoms with Gasteiger partial charge in [-0.1, -0.05) is 54.5 Å². The zero-order valence-corrected chi connectivity index (χ0v) is 26.2. The van der Waals surface area contributed by atoms with Gasteiger partial charge in [0.15, 0.2) is 0 Å². The average molecular weight is 600 g/mol. The summed E-state index contributed by atoms with van der Waals surface area (Å²) in [4.78, 5) is 17.9. The number of rotatable bonds is 10. The summed E-state index contributed by atoms with van der Waals surface area (Å²) < 4.78 is 36.7. The highest BCUT2D eigenvalue weighted by Gasteiger charge is 2.23. The van der Waals surface area contributed by atoms with Gasteiger partial charge in [0.2, 0.25) is 5.88 Å². The van der Waals surface area contributed by atoms with Crippen LogP contribution in [0, 0.1) is 20.8 Å². The smallest absolute Gasteiger partial charge is 0.264 e. The zero-order valence-electron chi connectivity index (χ0n) is 25.4. The van der Waals surface area contributed by atoms with Gasteiger partial charge in [0, 0.05) is 35.7 Å². The normalized spacial score (nSPS) is 11.8. The first-order valence-corrected chi connectivity index (χ1v) is 15.9. The van der Waals surface area contributed by atoms with E-state index in [1.807, 2.05) is 63.2 Å². The van der Waals surface area contributed by atoms with E-state index in [4.69, 9.17) is 9.51 Å². The first-order valence-electron chi connectivity index (χ1n) is 14.4. The number of sulfonamides is 1. The number of hydrogen-bond acceptors (Lipinski definition) is 6. The van der Waals surface area contributed by atoms with Gasteiger partial charge in [0.1, 0.15) is 5.82 Å². The van der Waals surface area contributed by atoms with Crippen molar-refractivity contribution < 1.29 is 17.7 Å². The van der Waals surface area contributed by atoms with Crippen molar-refractivity contribution in [2.24, 2.45) is 0 Å². The highest BCUT2D eigenvalue weighted by Crippen LogP contribution is 2.31. The van der Waals surface area contributed by atoms with Crippen LogP contribution in [0.5, 0.6) is 0 Å². The van der Waals surface area contributed by atoms with E-state index in [2.05, 4.69) is 26.7 Å². The van der Waals surface area contributed by atoms with Crippen LogP contribution in [0.15, 0.2) is 70.1 Å². The van der Waals surface area contributed by atoms with Crippen LogP contribution in [0.1, 0.15) is 65.8 Å². The SMILES string of the molecule is CCCc1nc2c(C)cc(C(=O)NC(C)C)cc2n1Cc1ccc(-c2ccccc2S(=O)(=O)Nc2onc(C)c2C)cc1. The lowest BCUT2D eigenvalue weighted by Gasteiger charge is -2.13. The summed E-state index contributed by atoms with van der Waals surface area (Å²) in [6.45, 7) is 12.1. The van der Waals surface area contributed by atoms with E-state index in [-0.39, 0.29) is 22.7 Å². The minimum atomic E-state index is -3.94.